The van der Waals surface area contributed by atoms with Crippen LogP contribution in [-0.2, 0) is 9.47 Å². The van der Waals surface area contributed by atoms with Crippen LogP contribution in [0.25, 0.3) is 0 Å². The highest BCUT2D eigenvalue weighted by Crippen LogP contribution is 2.14. The van der Waals surface area contributed by atoms with Crippen LogP contribution in [0, 0.1) is 0 Å². The average molecular weight is 260 g/mol. The number of nitrogens with two attached hydrogens (primary N) is 1. The van der Waals surface area contributed by atoms with E-state index in [1.807, 2.05) is 6.92 Å². The average Bonchev–Trinajstić information content (AvgIpc) is 2.39. The predicted molar refractivity (Wildman–Crippen MR) is 71.6 cm³/mol. The van der Waals surface area contributed by atoms with Gasteiger partial charge < -0.3 is 25.2 Å². The van der Waals surface area contributed by atoms with Crippen LogP contribution >= 0.6 is 0 Å². The van der Waals surface area contributed by atoms with Crippen LogP contribution in [-0.4, -0.2) is 68.2 Å². The van der Waals surface area contributed by atoms with Gasteiger partial charge in [0.2, 0.25) is 0 Å². The van der Waals surface area contributed by atoms with E-state index in [0.717, 1.165) is 39.0 Å². The molecule has 1 fully saturated rings. The van der Waals surface area contributed by atoms with Gasteiger partial charge in [0.25, 0.3) is 0 Å². The molecule has 0 aliphatic carbocycles. The Labute approximate surface area is 110 Å². The molecule has 1 saturated heterocycles. The van der Waals surface area contributed by atoms with Crippen LogP contribution in [0.3, 0.4) is 0 Å². The number of rotatable bonds is 9. The first-order valence-electron chi connectivity index (χ1n) is 7.06. The molecule has 18 heavy (non-hydrogen) atoms. The van der Waals surface area contributed by atoms with Crippen LogP contribution in [0.5, 0.6) is 0 Å². The Morgan fingerprint density at radius 2 is 2.11 bits per heavy atom. The van der Waals surface area contributed by atoms with Crippen molar-refractivity contribution in [2.45, 2.75) is 38.4 Å². The molecule has 5 nitrogen and oxygen atoms in total. The molecule has 0 amide bonds. The number of ether oxygens (including phenoxy) is 2. The van der Waals surface area contributed by atoms with E-state index in [4.69, 9.17) is 15.2 Å². The van der Waals surface area contributed by atoms with Gasteiger partial charge in [-0.15, -0.1) is 0 Å². The minimum absolute atomic E-state index is 0.372. The van der Waals surface area contributed by atoms with Gasteiger partial charge in [-0.05, 0) is 32.7 Å². The van der Waals surface area contributed by atoms with Gasteiger partial charge in [0.1, 0.15) is 0 Å². The van der Waals surface area contributed by atoms with E-state index in [-0.39, 0.29) is 6.10 Å². The number of hydrogen-bond donors (Lipinski definition) is 2. The van der Waals surface area contributed by atoms with Crippen molar-refractivity contribution in [3.05, 3.63) is 0 Å². The van der Waals surface area contributed by atoms with Gasteiger partial charge in [-0.2, -0.15) is 0 Å². The van der Waals surface area contributed by atoms with Gasteiger partial charge in [0, 0.05) is 32.8 Å². The van der Waals surface area contributed by atoms with Crippen molar-refractivity contribution in [2.75, 3.05) is 46.0 Å². The first-order chi connectivity index (χ1) is 8.76. The van der Waals surface area contributed by atoms with Gasteiger partial charge in [-0.1, -0.05) is 0 Å². The third-order valence-corrected chi connectivity index (χ3v) is 3.22. The molecular weight excluding hydrogens is 232 g/mol. The third-order valence-electron chi connectivity index (χ3n) is 3.22. The summed E-state index contributed by atoms with van der Waals surface area (Å²) in [6.45, 7) is 7.20. The Hall–Kier alpha value is -0.200. The fraction of sp³-hybridized carbons (Fsp3) is 1.00. The highest BCUT2D eigenvalue weighted by Gasteiger charge is 2.21. The van der Waals surface area contributed by atoms with Gasteiger partial charge in [-0.25, -0.2) is 0 Å². The number of nitrogens with zero attached hydrogens (tertiary/aromatic N) is 1. The summed E-state index contributed by atoms with van der Waals surface area (Å²) in [4.78, 5) is 2.28. The second kappa shape index (κ2) is 9.69. The van der Waals surface area contributed by atoms with Crippen molar-refractivity contribution < 1.29 is 14.6 Å². The molecular formula is C13H28N2O3. The SMILES string of the molecule is CCOCC(O)CN1CCC(OCCCN)CC1. The van der Waals surface area contributed by atoms with Gasteiger partial charge in [-0.3, -0.25) is 0 Å². The maximum absolute atomic E-state index is 9.76. The van der Waals surface area contributed by atoms with Crippen LogP contribution < -0.4 is 5.73 Å². The first-order valence-corrected chi connectivity index (χ1v) is 7.06. The van der Waals surface area contributed by atoms with Crippen LogP contribution in [0.1, 0.15) is 26.2 Å². The topological polar surface area (TPSA) is 68.0 Å². The fourth-order valence-electron chi connectivity index (χ4n) is 2.20. The third kappa shape index (κ3) is 6.66. The lowest BCUT2D eigenvalue weighted by Crippen LogP contribution is -2.42. The van der Waals surface area contributed by atoms with Crippen molar-refractivity contribution >= 4 is 0 Å². The van der Waals surface area contributed by atoms with Gasteiger partial charge in [0.15, 0.2) is 0 Å². The Morgan fingerprint density at radius 1 is 1.39 bits per heavy atom. The number of aliphatic hydroxyl groups excluding tert-OH is 1. The number of β-amino-alcohol motifs (C(OH)–C–C–N with tert-alkyl or cyclic N) is 1. The van der Waals surface area contributed by atoms with E-state index in [0.29, 0.717) is 32.4 Å². The summed E-state index contributed by atoms with van der Waals surface area (Å²) in [5, 5.41) is 9.76. The monoisotopic (exact) mass is 260 g/mol. The van der Waals surface area contributed by atoms with E-state index in [1.54, 1.807) is 0 Å². The molecule has 0 spiro atoms. The summed E-state index contributed by atoms with van der Waals surface area (Å²) in [5.41, 5.74) is 5.43. The molecule has 1 rings (SSSR count). The lowest BCUT2D eigenvalue weighted by molar-refractivity contribution is -0.0162. The molecule has 0 saturated carbocycles. The summed E-state index contributed by atoms with van der Waals surface area (Å²) in [6.07, 6.45) is 3.03. The molecule has 1 unspecified atom stereocenters. The molecule has 1 aliphatic rings. The minimum atomic E-state index is -0.375. The molecule has 0 radical (unpaired) electrons. The van der Waals surface area contributed by atoms with Crippen LogP contribution in [0.2, 0.25) is 0 Å². The number of piperidine rings is 1. The summed E-state index contributed by atoms with van der Waals surface area (Å²) in [5.74, 6) is 0. The Morgan fingerprint density at radius 3 is 2.72 bits per heavy atom. The number of hydrogen-bond acceptors (Lipinski definition) is 5. The molecule has 1 heterocycles. The molecule has 1 aliphatic heterocycles. The fourth-order valence-corrected chi connectivity index (χ4v) is 2.20. The number of likely N-dealkylation sites (tertiary alicyclic amines) is 1. The maximum atomic E-state index is 9.76. The summed E-state index contributed by atoms with van der Waals surface area (Å²) < 4.78 is 11.0. The number of aliphatic hydroxyl groups is 1. The van der Waals surface area contributed by atoms with Crippen molar-refractivity contribution in [3.8, 4) is 0 Å². The van der Waals surface area contributed by atoms with Crippen molar-refractivity contribution in [1.82, 2.24) is 4.90 Å². The van der Waals surface area contributed by atoms with E-state index >= 15 is 0 Å². The molecule has 0 aromatic carbocycles. The van der Waals surface area contributed by atoms with Gasteiger partial charge in [0.05, 0.1) is 18.8 Å². The molecule has 0 aromatic heterocycles. The molecule has 108 valence electrons. The molecule has 0 aromatic rings. The molecule has 5 heteroatoms. The first kappa shape index (κ1) is 15.9. The largest absolute Gasteiger partial charge is 0.389 e. The summed E-state index contributed by atoms with van der Waals surface area (Å²) >= 11 is 0. The normalized spacial score (nSPS) is 20.2. The van der Waals surface area contributed by atoms with Gasteiger partial charge >= 0.3 is 0 Å². The van der Waals surface area contributed by atoms with Crippen molar-refractivity contribution in [2.24, 2.45) is 5.73 Å². The highest BCUT2D eigenvalue weighted by atomic mass is 16.5. The second-order valence-electron chi connectivity index (χ2n) is 4.83. The lowest BCUT2D eigenvalue weighted by Gasteiger charge is -2.33. The standard InChI is InChI=1S/C13H28N2O3/c1-2-17-11-12(16)10-15-7-4-13(5-8-15)18-9-3-6-14/h12-13,16H,2-11,14H2,1H3. The zero-order valence-electron chi connectivity index (χ0n) is 11.5. The van der Waals surface area contributed by atoms with E-state index in [1.165, 1.54) is 0 Å². The van der Waals surface area contributed by atoms with Crippen molar-refractivity contribution in [3.63, 3.8) is 0 Å². The van der Waals surface area contributed by atoms with E-state index in [2.05, 4.69) is 4.90 Å². The summed E-state index contributed by atoms with van der Waals surface area (Å²) in [6, 6.07) is 0. The van der Waals surface area contributed by atoms with E-state index < -0.39 is 0 Å². The highest BCUT2D eigenvalue weighted by molar-refractivity contribution is 4.74. The smallest absolute Gasteiger partial charge is 0.0900 e. The molecule has 1 atom stereocenters. The molecule has 0 bridgehead atoms. The Bertz CT molecular complexity index is 197. The maximum Gasteiger partial charge on any atom is 0.0900 e. The quantitative estimate of drug-likeness (QED) is 0.580. The summed E-state index contributed by atoms with van der Waals surface area (Å²) in [7, 11) is 0. The van der Waals surface area contributed by atoms with Crippen LogP contribution in [0.15, 0.2) is 0 Å². The lowest BCUT2D eigenvalue weighted by atomic mass is 10.1. The van der Waals surface area contributed by atoms with Crippen LogP contribution in [0.4, 0.5) is 0 Å². The Kier molecular flexibility index (Phi) is 8.54. The van der Waals surface area contributed by atoms with Crippen molar-refractivity contribution in [1.29, 1.82) is 0 Å². The molecule has 3 N–H and O–H groups in total. The van der Waals surface area contributed by atoms with E-state index in [9.17, 15) is 5.11 Å². The second-order valence-corrected chi connectivity index (χ2v) is 4.83. The Balaban J connectivity index is 2.07. The zero-order valence-corrected chi connectivity index (χ0v) is 11.5. The predicted octanol–water partition coefficient (Wildman–Crippen LogP) is 0.214. The zero-order chi connectivity index (χ0) is 13.2. The minimum Gasteiger partial charge on any atom is -0.389 e.